The first-order valence-electron chi connectivity index (χ1n) is 6.39. The van der Waals surface area contributed by atoms with E-state index in [0.29, 0.717) is 25.8 Å². The van der Waals surface area contributed by atoms with Gasteiger partial charge < -0.3 is 15.2 Å². The van der Waals surface area contributed by atoms with Crippen LogP contribution >= 0.6 is 0 Å². The lowest BCUT2D eigenvalue weighted by atomic mass is 9.88. The second-order valence-electron chi connectivity index (χ2n) is 4.88. The molecular weight excluding hydrogens is 320 g/mol. The number of aldehydes is 1. The van der Waals surface area contributed by atoms with Crippen molar-refractivity contribution in [1.29, 1.82) is 0 Å². The number of hydrogen-bond acceptors (Lipinski definition) is 3. The molecule has 4 nitrogen and oxygen atoms in total. The molecule has 2 N–H and O–H groups in total. The van der Waals surface area contributed by atoms with Crippen molar-refractivity contribution in [3.05, 3.63) is 0 Å². The second-order valence-corrected chi connectivity index (χ2v) is 4.88. The van der Waals surface area contributed by atoms with Crippen molar-refractivity contribution in [3.8, 4) is 0 Å². The van der Waals surface area contributed by atoms with Gasteiger partial charge in [0, 0.05) is 0 Å². The van der Waals surface area contributed by atoms with E-state index >= 15 is 0 Å². The zero-order valence-corrected chi connectivity index (χ0v) is 11.7. The minimum atomic E-state index is -5.08. The first kappa shape index (κ1) is 20.7. The summed E-state index contributed by atoms with van der Waals surface area (Å²) in [6.07, 6.45) is -6.91. The Balaban J connectivity index is 0.000000379. The topological polar surface area (TPSA) is 66.4 Å². The van der Waals surface area contributed by atoms with E-state index < -0.39 is 23.7 Å². The van der Waals surface area contributed by atoms with Gasteiger partial charge in [-0.25, -0.2) is 4.79 Å². The van der Waals surface area contributed by atoms with Gasteiger partial charge in [0.25, 0.3) is 0 Å². The van der Waals surface area contributed by atoms with Gasteiger partial charge >= 0.3 is 18.3 Å². The van der Waals surface area contributed by atoms with Crippen LogP contribution in [0.25, 0.3) is 0 Å². The highest BCUT2D eigenvalue weighted by Gasteiger charge is 2.66. The number of carbonyl (C=O) groups is 2. The number of nitrogens with one attached hydrogen (secondary N) is 1. The van der Waals surface area contributed by atoms with Crippen LogP contribution in [-0.4, -0.2) is 42.8 Å². The molecule has 10 heteroatoms. The molecule has 2 rings (SSSR count). The predicted molar refractivity (Wildman–Crippen MR) is 64.1 cm³/mol. The van der Waals surface area contributed by atoms with Crippen LogP contribution in [0.2, 0.25) is 0 Å². The molecule has 2 aliphatic rings. The monoisotopic (exact) mass is 337 g/mol. The Kier molecular flexibility index (Phi) is 7.33. The third-order valence-electron chi connectivity index (χ3n) is 3.44. The summed E-state index contributed by atoms with van der Waals surface area (Å²) in [6.45, 7) is 2.75. The van der Waals surface area contributed by atoms with Crippen LogP contribution in [0.15, 0.2) is 0 Å². The van der Waals surface area contributed by atoms with E-state index in [-0.39, 0.29) is 5.92 Å². The van der Waals surface area contributed by atoms with Crippen LogP contribution < -0.4 is 5.32 Å². The highest BCUT2D eigenvalue weighted by Crippen LogP contribution is 2.63. The number of aliphatic carboxylic acids is 1. The van der Waals surface area contributed by atoms with E-state index in [1.807, 2.05) is 0 Å². The number of hydrogen-bond donors (Lipinski definition) is 2. The van der Waals surface area contributed by atoms with Crippen LogP contribution in [0.4, 0.5) is 26.3 Å². The molecule has 0 spiro atoms. The van der Waals surface area contributed by atoms with Gasteiger partial charge in [-0.3, -0.25) is 0 Å². The molecule has 1 saturated carbocycles. The van der Waals surface area contributed by atoms with Crippen molar-refractivity contribution in [2.45, 2.75) is 38.5 Å². The van der Waals surface area contributed by atoms with Crippen LogP contribution in [0.3, 0.4) is 0 Å². The van der Waals surface area contributed by atoms with Gasteiger partial charge in [0.1, 0.15) is 6.29 Å². The first-order chi connectivity index (χ1) is 9.92. The Hall–Kier alpha value is -1.32. The summed E-state index contributed by atoms with van der Waals surface area (Å²) in [5, 5.41) is 10.1. The molecule has 1 aliphatic heterocycles. The number of alkyl halides is 6. The zero-order valence-electron chi connectivity index (χ0n) is 11.7. The summed E-state index contributed by atoms with van der Waals surface area (Å²) in [6, 6.07) is 0. The van der Waals surface area contributed by atoms with Crippen LogP contribution in [0.1, 0.15) is 26.2 Å². The fourth-order valence-corrected chi connectivity index (χ4v) is 2.18. The van der Waals surface area contributed by atoms with Gasteiger partial charge in [-0.15, -0.1) is 0 Å². The second kappa shape index (κ2) is 7.80. The van der Waals surface area contributed by atoms with Crippen molar-refractivity contribution >= 4 is 12.3 Å². The SMILES string of the molecule is CC=O.FC(F)(F)C1(C2CCNC2)CC1.O=C(O)C(F)(F)F. The zero-order chi connectivity index (χ0) is 17.6. The maximum absolute atomic E-state index is 12.5. The molecule has 1 saturated heterocycles. The van der Waals surface area contributed by atoms with E-state index in [1.54, 1.807) is 0 Å². The molecule has 0 aromatic rings. The summed E-state index contributed by atoms with van der Waals surface area (Å²) in [4.78, 5) is 17.7. The molecule has 0 aromatic carbocycles. The fraction of sp³-hybridized carbons (Fsp3) is 0.833. The number of carbonyl (C=O) groups excluding carboxylic acids is 1. The van der Waals surface area contributed by atoms with E-state index in [4.69, 9.17) is 14.7 Å². The van der Waals surface area contributed by atoms with Gasteiger partial charge in [0.2, 0.25) is 0 Å². The minimum Gasteiger partial charge on any atom is -0.475 e. The maximum atomic E-state index is 12.5. The summed E-state index contributed by atoms with van der Waals surface area (Å²) < 4.78 is 69.3. The van der Waals surface area contributed by atoms with Gasteiger partial charge in [0.15, 0.2) is 0 Å². The van der Waals surface area contributed by atoms with E-state index in [1.165, 1.54) is 6.92 Å². The summed E-state index contributed by atoms with van der Waals surface area (Å²) in [5.41, 5.74) is -1.30. The Morgan fingerprint density at radius 1 is 1.23 bits per heavy atom. The third-order valence-corrected chi connectivity index (χ3v) is 3.44. The Labute approximate surface area is 122 Å². The van der Waals surface area contributed by atoms with Crippen molar-refractivity contribution < 1.29 is 41.0 Å². The lowest BCUT2D eigenvalue weighted by Crippen LogP contribution is -2.33. The molecule has 2 fully saturated rings. The molecule has 1 aliphatic carbocycles. The van der Waals surface area contributed by atoms with Crippen molar-refractivity contribution in [3.63, 3.8) is 0 Å². The van der Waals surface area contributed by atoms with Crippen molar-refractivity contribution in [1.82, 2.24) is 5.32 Å². The summed E-state index contributed by atoms with van der Waals surface area (Å²) >= 11 is 0. The summed E-state index contributed by atoms with van der Waals surface area (Å²) in [7, 11) is 0. The van der Waals surface area contributed by atoms with Crippen LogP contribution in [-0.2, 0) is 9.59 Å². The van der Waals surface area contributed by atoms with E-state index in [9.17, 15) is 26.3 Å². The third kappa shape index (κ3) is 5.82. The number of carboxylic acids is 1. The highest BCUT2D eigenvalue weighted by molar-refractivity contribution is 5.73. The Morgan fingerprint density at radius 2 is 1.64 bits per heavy atom. The molecule has 1 unspecified atom stereocenters. The summed E-state index contributed by atoms with van der Waals surface area (Å²) in [5.74, 6) is -2.91. The predicted octanol–water partition coefficient (Wildman–Crippen LogP) is 2.78. The number of carboxylic acid groups (broad SMARTS) is 1. The average Bonchev–Trinajstić information content (AvgIpc) is 2.99. The van der Waals surface area contributed by atoms with Gasteiger partial charge in [0.05, 0.1) is 5.41 Å². The maximum Gasteiger partial charge on any atom is 0.490 e. The van der Waals surface area contributed by atoms with Crippen molar-refractivity contribution in [2.75, 3.05) is 13.1 Å². The quantitative estimate of drug-likeness (QED) is 0.570. The minimum absolute atomic E-state index is 0.155. The number of rotatable bonds is 1. The van der Waals surface area contributed by atoms with E-state index in [2.05, 4.69) is 5.32 Å². The normalized spacial score (nSPS) is 22.6. The first-order valence-corrected chi connectivity index (χ1v) is 6.39. The van der Waals surface area contributed by atoms with E-state index in [0.717, 1.165) is 12.8 Å². The average molecular weight is 337 g/mol. The molecule has 22 heavy (non-hydrogen) atoms. The smallest absolute Gasteiger partial charge is 0.475 e. The molecule has 1 atom stereocenters. The van der Waals surface area contributed by atoms with Crippen LogP contribution in [0, 0.1) is 11.3 Å². The molecule has 0 radical (unpaired) electrons. The largest absolute Gasteiger partial charge is 0.490 e. The molecular formula is C12H17F6NO3. The Bertz CT molecular complexity index is 370. The molecule has 0 amide bonds. The molecule has 0 aromatic heterocycles. The molecule has 0 bridgehead atoms. The number of halogens is 6. The standard InChI is InChI=1S/C8H12F3N.C2HF3O2.C2H4O/c9-8(10,11)7(2-3-7)6-1-4-12-5-6;3-2(4,5)1(6)7;1-2-3/h6,12H,1-5H2;(H,6,7);2H,1H3. The lowest BCUT2D eigenvalue weighted by molar-refractivity contribution is -0.200. The highest BCUT2D eigenvalue weighted by atomic mass is 19.4. The van der Waals surface area contributed by atoms with Crippen LogP contribution in [0.5, 0.6) is 0 Å². The van der Waals surface area contributed by atoms with Gasteiger partial charge in [-0.2, -0.15) is 26.3 Å². The molecule has 130 valence electrons. The Morgan fingerprint density at radius 3 is 1.82 bits per heavy atom. The van der Waals surface area contributed by atoms with Gasteiger partial charge in [-0.05, 0) is 45.2 Å². The van der Waals surface area contributed by atoms with Gasteiger partial charge in [-0.1, -0.05) is 0 Å². The lowest BCUT2D eigenvalue weighted by Gasteiger charge is -2.24. The van der Waals surface area contributed by atoms with Crippen molar-refractivity contribution in [2.24, 2.45) is 11.3 Å². The fourth-order valence-electron chi connectivity index (χ4n) is 2.18. The molecule has 1 heterocycles.